The summed E-state index contributed by atoms with van der Waals surface area (Å²) in [6.07, 6.45) is -5.16. The summed E-state index contributed by atoms with van der Waals surface area (Å²) in [7, 11) is 1.29. The van der Waals surface area contributed by atoms with E-state index in [0.717, 1.165) is 13.2 Å². The summed E-state index contributed by atoms with van der Waals surface area (Å²) in [4.78, 5) is 10.1. The Morgan fingerprint density at radius 2 is 1.85 bits per heavy atom. The molecule has 0 amide bonds. The molecule has 1 rings (SSSR count). The van der Waals surface area contributed by atoms with Crippen LogP contribution in [0.4, 0.5) is 13.2 Å². The van der Waals surface area contributed by atoms with Crippen molar-refractivity contribution >= 4 is 37.3 Å². The highest BCUT2D eigenvalue weighted by atomic mass is 35.7. The molecule has 0 fully saturated rings. The summed E-state index contributed by atoms with van der Waals surface area (Å²) >= 11 is 5.59. The molecule has 1 aromatic carbocycles. The van der Waals surface area contributed by atoms with Crippen LogP contribution in [0.3, 0.4) is 0 Å². The molecule has 112 valence electrons. The molecule has 0 atom stereocenters. The maximum absolute atomic E-state index is 12.2. The Labute approximate surface area is 120 Å². The number of ether oxygens (including phenoxy) is 2. The summed E-state index contributed by atoms with van der Waals surface area (Å²) in [6.45, 7) is 0. The third-order valence-corrected chi connectivity index (χ3v) is 3.80. The van der Waals surface area contributed by atoms with Crippen LogP contribution in [0.15, 0.2) is 17.0 Å². The lowest BCUT2D eigenvalue weighted by Gasteiger charge is -2.14. The number of carbonyl (C=O) groups excluding carboxylic acids is 1. The van der Waals surface area contributed by atoms with E-state index in [9.17, 15) is 26.4 Å². The van der Waals surface area contributed by atoms with Gasteiger partial charge in [-0.1, -0.05) is 11.6 Å². The van der Waals surface area contributed by atoms with Crippen molar-refractivity contribution in [3.05, 3.63) is 22.7 Å². The Bertz CT molecular complexity index is 642. The van der Waals surface area contributed by atoms with Gasteiger partial charge in [-0.05, 0) is 12.1 Å². The lowest BCUT2D eigenvalue weighted by Crippen LogP contribution is -2.19. The van der Waals surface area contributed by atoms with Crippen LogP contribution in [0.1, 0.15) is 10.4 Å². The largest absolute Gasteiger partial charge is 0.573 e. The maximum Gasteiger partial charge on any atom is 0.573 e. The van der Waals surface area contributed by atoms with Gasteiger partial charge in [-0.2, -0.15) is 0 Å². The summed E-state index contributed by atoms with van der Waals surface area (Å²) in [5.74, 6) is -2.19. The number of alkyl halides is 3. The monoisotopic (exact) mass is 352 g/mol. The SMILES string of the molecule is COC(=O)c1ccc(OC(F)(F)F)c(S(=O)(=O)Cl)c1Cl. The van der Waals surface area contributed by atoms with E-state index in [4.69, 9.17) is 22.3 Å². The fourth-order valence-corrected chi connectivity index (χ4v) is 3.03. The van der Waals surface area contributed by atoms with Gasteiger partial charge in [-0.25, -0.2) is 13.2 Å². The smallest absolute Gasteiger partial charge is 0.465 e. The molecule has 0 radical (unpaired) electrons. The molecule has 5 nitrogen and oxygen atoms in total. The van der Waals surface area contributed by atoms with E-state index in [0.29, 0.717) is 6.07 Å². The fraction of sp³-hybridized carbons (Fsp3) is 0.222. The Morgan fingerprint density at radius 3 is 2.25 bits per heavy atom. The van der Waals surface area contributed by atoms with Crippen LogP contribution < -0.4 is 4.74 Å². The van der Waals surface area contributed by atoms with Gasteiger partial charge in [0.2, 0.25) is 0 Å². The third-order valence-electron chi connectivity index (χ3n) is 1.94. The van der Waals surface area contributed by atoms with E-state index in [1.165, 1.54) is 0 Å². The van der Waals surface area contributed by atoms with Gasteiger partial charge in [0, 0.05) is 10.7 Å². The molecule has 0 saturated carbocycles. The van der Waals surface area contributed by atoms with Crippen molar-refractivity contribution in [3.63, 3.8) is 0 Å². The first-order valence-electron chi connectivity index (χ1n) is 4.58. The van der Waals surface area contributed by atoms with Crippen LogP contribution >= 0.6 is 22.3 Å². The van der Waals surface area contributed by atoms with Gasteiger partial charge in [-0.3, -0.25) is 0 Å². The molecule has 0 bridgehead atoms. The van der Waals surface area contributed by atoms with Gasteiger partial charge in [-0.15, -0.1) is 13.2 Å². The van der Waals surface area contributed by atoms with Crippen molar-refractivity contribution in [1.29, 1.82) is 0 Å². The Balaban J connectivity index is 3.57. The van der Waals surface area contributed by atoms with Crippen molar-refractivity contribution in [2.24, 2.45) is 0 Å². The molecule has 0 aliphatic heterocycles. The minimum atomic E-state index is -5.16. The molecule has 0 spiro atoms. The summed E-state index contributed by atoms with van der Waals surface area (Å²) in [5.41, 5.74) is -0.470. The van der Waals surface area contributed by atoms with Gasteiger partial charge in [0.25, 0.3) is 9.05 Å². The van der Waals surface area contributed by atoms with E-state index >= 15 is 0 Å². The number of rotatable bonds is 3. The van der Waals surface area contributed by atoms with E-state index in [1.807, 2.05) is 0 Å². The molecule has 0 aliphatic carbocycles. The average Bonchev–Trinajstić information content (AvgIpc) is 2.24. The molecule has 20 heavy (non-hydrogen) atoms. The van der Waals surface area contributed by atoms with E-state index in [-0.39, 0.29) is 0 Å². The first-order chi connectivity index (χ1) is 8.97. The molecule has 0 aliphatic rings. The number of carbonyl (C=O) groups is 1. The van der Waals surface area contributed by atoms with Crippen LogP contribution in [-0.4, -0.2) is 27.9 Å². The van der Waals surface area contributed by atoms with Crippen molar-refractivity contribution in [2.45, 2.75) is 11.3 Å². The zero-order valence-corrected chi connectivity index (χ0v) is 11.8. The minimum Gasteiger partial charge on any atom is -0.465 e. The zero-order chi connectivity index (χ0) is 15.7. The number of esters is 1. The van der Waals surface area contributed by atoms with Crippen molar-refractivity contribution in [2.75, 3.05) is 7.11 Å². The Hall–Kier alpha value is -1.19. The lowest BCUT2D eigenvalue weighted by molar-refractivity contribution is -0.275. The third kappa shape index (κ3) is 3.90. The second kappa shape index (κ2) is 5.66. The van der Waals surface area contributed by atoms with Crippen LogP contribution in [0.5, 0.6) is 5.75 Å². The number of methoxy groups -OCH3 is 1. The fourth-order valence-electron chi connectivity index (χ4n) is 1.24. The molecule has 0 N–H and O–H groups in total. The van der Waals surface area contributed by atoms with Gasteiger partial charge in [0.05, 0.1) is 17.7 Å². The first kappa shape index (κ1) is 16.9. The van der Waals surface area contributed by atoms with Crippen LogP contribution in [0.25, 0.3) is 0 Å². The highest BCUT2D eigenvalue weighted by Gasteiger charge is 2.36. The highest BCUT2D eigenvalue weighted by molar-refractivity contribution is 8.14. The van der Waals surface area contributed by atoms with E-state index < -0.39 is 42.6 Å². The van der Waals surface area contributed by atoms with Crippen LogP contribution in [-0.2, 0) is 13.8 Å². The zero-order valence-electron chi connectivity index (χ0n) is 9.49. The second-order valence-corrected chi connectivity index (χ2v) is 6.11. The molecular weight excluding hydrogens is 348 g/mol. The highest BCUT2D eigenvalue weighted by Crippen LogP contribution is 2.38. The van der Waals surface area contributed by atoms with E-state index in [1.54, 1.807) is 0 Å². The number of halogens is 5. The Kier molecular flexibility index (Phi) is 4.78. The molecule has 0 aromatic heterocycles. The predicted molar refractivity (Wildman–Crippen MR) is 62.5 cm³/mol. The quantitative estimate of drug-likeness (QED) is 0.617. The molecular formula is C9H5Cl2F3O5S. The van der Waals surface area contributed by atoms with Crippen molar-refractivity contribution < 1.29 is 35.9 Å². The molecule has 1 aromatic rings. The van der Waals surface area contributed by atoms with Crippen LogP contribution in [0.2, 0.25) is 5.02 Å². The average molecular weight is 353 g/mol. The molecule has 0 unspecified atom stereocenters. The van der Waals surface area contributed by atoms with Crippen molar-refractivity contribution in [1.82, 2.24) is 0 Å². The summed E-state index contributed by atoms with van der Waals surface area (Å²) < 4.78 is 66.9. The molecule has 0 heterocycles. The topological polar surface area (TPSA) is 69.7 Å². The Morgan fingerprint density at radius 1 is 1.30 bits per heavy atom. The maximum atomic E-state index is 12.2. The van der Waals surface area contributed by atoms with Gasteiger partial charge in [0.15, 0.2) is 5.75 Å². The predicted octanol–water partition coefficient (Wildman–Crippen LogP) is 2.95. The minimum absolute atomic E-state index is 0.470. The van der Waals surface area contributed by atoms with E-state index in [2.05, 4.69) is 9.47 Å². The summed E-state index contributed by atoms with van der Waals surface area (Å²) in [5, 5.41) is -0.825. The van der Waals surface area contributed by atoms with Gasteiger partial charge in [0.1, 0.15) is 4.90 Å². The summed E-state index contributed by atoms with van der Waals surface area (Å²) in [6, 6.07) is 1.42. The number of hydrogen-bond donors (Lipinski definition) is 0. The number of hydrogen-bond acceptors (Lipinski definition) is 5. The van der Waals surface area contributed by atoms with Crippen molar-refractivity contribution in [3.8, 4) is 5.75 Å². The lowest BCUT2D eigenvalue weighted by atomic mass is 10.2. The number of benzene rings is 1. The standard InChI is InChI=1S/C9H5Cl2F3O5S/c1-18-8(15)4-2-3-5(19-9(12,13)14)7(6(4)10)20(11,16)17/h2-3H,1H3. The van der Waals surface area contributed by atoms with Crippen LogP contribution in [0, 0.1) is 0 Å². The van der Waals surface area contributed by atoms with Gasteiger partial charge >= 0.3 is 12.3 Å². The normalized spacial score (nSPS) is 12.1. The second-order valence-electron chi connectivity index (χ2n) is 3.23. The van der Waals surface area contributed by atoms with Gasteiger partial charge < -0.3 is 9.47 Å². The molecule has 11 heteroatoms. The molecule has 0 saturated heterocycles. The first-order valence-corrected chi connectivity index (χ1v) is 7.27.